The number of fused-ring (bicyclic) bond motifs is 2. The smallest absolute Gasteiger partial charge is 0.141 e. The molecule has 0 amide bonds. The lowest BCUT2D eigenvalue weighted by Gasteiger charge is -2.02. The number of aromatic nitrogens is 2. The van der Waals surface area contributed by atoms with Gasteiger partial charge in [0, 0.05) is 10.8 Å². The Balaban J connectivity index is 1.32. The van der Waals surface area contributed by atoms with Gasteiger partial charge in [0.2, 0.25) is 0 Å². The van der Waals surface area contributed by atoms with E-state index < -0.39 is 0 Å². The average molecular weight is 416 g/mol. The summed E-state index contributed by atoms with van der Waals surface area (Å²) in [7, 11) is 0. The predicted molar refractivity (Wildman–Crippen MR) is 131 cm³/mol. The molecule has 0 bridgehead atoms. The number of hydrogen-bond donors (Lipinski definition) is 2. The Kier molecular flexibility index (Phi) is 5.10. The van der Waals surface area contributed by atoms with Gasteiger partial charge in [-0.1, -0.05) is 72.8 Å². The van der Waals surface area contributed by atoms with Crippen LogP contribution in [0.15, 0.2) is 84.9 Å². The van der Waals surface area contributed by atoms with E-state index in [0.29, 0.717) is 11.0 Å². The van der Waals surface area contributed by atoms with E-state index in [0.717, 1.165) is 33.3 Å². The van der Waals surface area contributed by atoms with E-state index in [1.54, 1.807) is 12.1 Å². The number of hydrogen-bond acceptors (Lipinski definition) is 4. The monoisotopic (exact) mass is 416 g/mol. The van der Waals surface area contributed by atoms with Crippen molar-refractivity contribution in [3.63, 3.8) is 0 Å². The molecular weight excluding hydrogens is 396 g/mol. The largest absolute Gasteiger partial charge is 0.506 e. The molecular formula is C28H20N2O2. The van der Waals surface area contributed by atoms with Gasteiger partial charge in [0.25, 0.3) is 0 Å². The Hall–Kier alpha value is -4.44. The van der Waals surface area contributed by atoms with Gasteiger partial charge in [-0.25, -0.2) is 9.97 Å². The van der Waals surface area contributed by atoms with Crippen LogP contribution in [-0.4, -0.2) is 20.2 Å². The van der Waals surface area contributed by atoms with E-state index in [4.69, 9.17) is 0 Å². The van der Waals surface area contributed by atoms with E-state index in [-0.39, 0.29) is 11.5 Å². The van der Waals surface area contributed by atoms with Gasteiger partial charge < -0.3 is 10.2 Å². The van der Waals surface area contributed by atoms with Crippen LogP contribution < -0.4 is 0 Å². The summed E-state index contributed by atoms with van der Waals surface area (Å²) >= 11 is 0. The molecule has 0 fully saturated rings. The van der Waals surface area contributed by atoms with Gasteiger partial charge >= 0.3 is 0 Å². The molecule has 2 N–H and O–H groups in total. The first kappa shape index (κ1) is 19.5. The maximum absolute atomic E-state index is 10.0. The lowest BCUT2D eigenvalue weighted by atomic mass is 10.1. The summed E-state index contributed by atoms with van der Waals surface area (Å²) in [6.07, 6.45) is 7.86. The van der Waals surface area contributed by atoms with Crippen LogP contribution in [0.25, 0.3) is 46.1 Å². The summed E-state index contributed by atoms with van der Waals surface area (Å²) in [6, 6.07) is 26.7. The van der Waals surface area contributed by atoms with Crippen molar-refractivity contribution < 1.29 is 10.2 Å². The molecule has 0 aliphatic heterocycles. The molecule has 32 heavy (non-hydrogen) atoms. The quantitative estimate of drug-likeness (QED) is 0.349. The number of phenolic OH excluding ortho intramolecular Hbond substituents is 2. The molecule has 0 radical (unpaired) electrons. The highest BCUT2D eigenvalue weighted by Crippen LogP contribution is 2.24. The number of para-hydroxylation sites is 2. The number of pyridine rings is 2. The molecule has 0 aliphatic carbocycles. The fourth-order valence-electron chi connectivity index (χ4n) is 3.56. The number of aromatic hydroxyl groups is 2. The summed E-state index contributed by atoms with van der Waals surface area (Å²) in [4.78, 5) is 9.05. The van der Waals surface area contributed by atoms with Crippen molar-refractivity contribution in [3.05, 3.63) is 107 Å². The zero-order valence-electron chi connectivity index (χ0n) is 17.2. The SMILES string of the molecule is Oc1cccc2ccc(C=Cc3ccc(C=Cc4ccc5cccc(O)c5n4)cc3)nc12. The zero-order chi connectivity index (χ0) is 21.9. The summed E-state index contributed by atoms with van der Waals surface area (Å²) < 4.78 is 0. The van der Waals surface area contributed by atoms with Gasteiger partial charge in [-0.05, 0) is 47.5 Å². The molecule has 5 aromatic rings. The van der Waals surface area contributed by atoms with Crippen LogP contribution in [0.3, 0.4) is 0 Å². The minimum absolute atomic E-state index is 0.185. The second kappa shape index (κ2) is 8.36. The molecule has 3 aromatic carbocycles. The molecule has 2 aromatic heterocycles. The van der Waals surface area contributed by atoms with Crippen molar-refractivity contribution in [2.45, 2.75) is 0 Å². The van der Waals surface area contributed by atoms with Crippen LogP contribution in [0.4, 0.5) is 0 Å². The third-order valence-electron chi connectivity index (χ3n) is 5.27. The topological polar surface area (TPSA) is 66.2 Å². The summed E-state index contributed by atoms with van der Waals surface area (Å²) in [5.74, 6) is 0.370. The van der Waals surface area contributed by atoms with Crippen LogP contribution in [0, 0.1) is 0 Å². The molecule has 5 rings (SSSR count). The van der Waals surface area contributed by atoms with Crippen molar-refractivity contribution in [2.24, 2.45) is 0 Å². The molecule has 0 saturated carbocycles. The second-order valence-corrected chi connectivity index (χ2v) is 7.50. The van der Waals surface area contributed by atoms with Gasteiger partial charge in [-0.2, -0.15) is 0 Å². The Morgan fingerprint density at radius 1 is 0.469 bits per heavy atom. The van der Waals surface area contributed by atoms with Gasteiger partial charge in [0.1, 0.15) is 22.5 Å². The van der Waals surface area contributed by atoms with E-state index >= 15 is 0 Å². The van der Waals surface area contributed by atoms with Crippen LogP contribution >= 0.6 is 0 Å². The van der Waals surface area contributed by atoms with Gasteiger partial charge in [-0.15, -0.1) is 0 Å². The lowest BCUT2D eigenvalue weighted by Crippen LogP contribution is -1.84. The van der Waals surface area contributed by atoms with Crippen molar-refractivity contribution >= 4 is 46.1 Å². The highest BCUT2D eigenvalue weighted by Gasteiger charge is 2.02. The van der Waals surface area contributed by atoms with Crippen molar-refractivity contribution in [2.75, 3.05) is 0 Å². The number of phenols is 2. The van der Waals surface area contributed by atoms with E-state index in [1.807, 2.05) is 97.1 Å². The first-order chi connectivity index (χ1) is 15.7. The highest BCUT2D eigenvalue weighted by atomic mass is 16.3. The first-order valence-corrected chi connectivity index (χ1v) is 10.3. The molecule has 0 unspecified atom stereocenters. The first-order valence-electron chi connectivity index (χ1n) is 10.3. The summed E-state index contributed by atoms with van der Waals surface area (Å²) in [6.45, 7) is 0. The van der Waals surface area contributed by atoms with Gasteiger partial charge in [0.05, 0.1) is 11.4 Å². The van der Waals surface area contributed by atoms with Crippen molar-refractivity contribution in [1.82, 2.24) is 9.97 Å². The standard InChI is InChI=1S/C28H20N2O2/c31-25-5-1-3-21-13-17-23(29-27(21)25)15-11-19-7-9-20(10-8-19)12-16-24-18-14-22-4-2-6-26(32)28(22)30-24/h1-18,31-32H. The maximum Gasteiger partial charge on any atom is 0.141 e. The molecule has 4 heteroatoms. The predicted octanol–water partition coefficient (Wildman–Crippen LogP) is 6.54. The molecule has 2 heterocycles. The second-order valence-electron chi connectivity index (χ2n) is 7.50. The number of nitrogens with zero attached hydrogens (tertiary/aromatic N) is 2. The molecule has 0 aliphatic rings. The fourth-order valence-corrected chi connectivity index (χ4v) is 3.56. The summed E-state index contributed by atoms with van der Waals surface area (Å²) in [5, 5.41) is 21.8. The highest BCUT2D eigenvalue weighted by molar-refractivity contribution is 5.86. The van der Waals surface area contributed by atoms with Gasteiger partial charge in [-0.3, -0.25) is 0 Å². The molecule has 0 atom stereocenters. The molecule has 0 spiro atoms. The molecule has 0 saturated heterocycles. The lowest BCUT2D eigenvalue weighted by molar-refractivity contribution is 0.480. The van der Waals surface area contributed by atoms with Crippen molar-refractivity contribution in [3.8, 4) is 11.5 Å². The van der Waals surface area contributed by atoms with Crippen molar-refractivity contribution in [1.29, 1.82) is 0 Å². The zero-order valence-corrected chi connectivity index (χ0v) is 17.2. The van der Waals surface area contributed by atoms with E-state index in [9.17, 15) is 10.2 Å². The van der Waals surface area contributed by atoms with Gasteiger partial charge in [0.15, 0.2) is 0 Å². The van der Waals surface area contributed by atoms with Crippen LogP contribution in [0.5, 0.6) is 11.5 Å². The van der Waals surface area contributed by atoms with Crippen LogP contribution in [0.1, 0.15) is 22.5 Å². The van der Waals surface area contributed by atoms with Crippen LogP contribution in [-0.2, 0) is 0 Å². The fraction of sp³-hybridized carbons (Fsp3) is 0. The summed E-state index contributed by atoms with van der Waals surface area (Å²) in [5.41, 5.74) is 4.88. The Bertz CT molecular complexity index is 1370. The Morgan fingerprint density at radius 2 is 0.906 bits per heavy atom. The van der Waals surface area contributed by atoms with Crippen LogP contribution in [0.2, 0.25) is 0 Å². The molecule has 154 valence electrons. The minimum Gasteiger partial charge on any atom is -0.506 e. The number of benzene rings is 3. The maximum atomic E-state index is 10.0. The molecule has 4 nitrogen and oxygen atoms in total. The minimum atomic E-state index is 0.185. The third kappa shape index (κ3) is 4.07. The Morgan fingerprint density at radius 3 is 1.34 bits per heavy atom. The Labute approximate surface area is 185 Å². The van der Waals surface area contributed by atoms with E-state index in [2.05, 4.69) is 9.97 Å². The average Bonchev–Trinajstić information content (AvgIpc) is 2.83. The third-order valence-corrected chi connectivity index (χ3v) is 5.27. The number of rotatable bonds is 4. The normalized spacial score (nSPS) is 11.8. The van der Waals surface area contributed by atoms with E-state index in [1.165, 1.54) is 0 Å².